The Kier molecular flexibility index (Phi) is 4.89. The van der Waals surface area contributed by atoms with Crippen LogP contribution in [0.5, 0.6) is 0 Å². The van der Waals surface area contributed by atoms with Crippen LogP contribution in [0.15, 0.2) is 24.3 Å². The van der Waals surface area contributed by atoms with E-state index in [1.165, 1.54) is 0 Å². The maximum absolute atomic E-state index is 11.9. The van der Waals surface area contributed by atoms with Crippen molar-refractivity contribution < 1.29 is 14.3 Å². The van der Waals surface area contributed by atoms with Gasteiger partial charge in [-0.25, -0.2) is 4.79 Å². The number of hydrogen-bond donors (Lipinski definition) is 1. The first kappa shape index (κ1) is 16.8. The molecule has 1 atom stereocenters. The Labute approximate surface area is 136 Å². The number of amides is 1. The normalized spacial score (nSPS) is 15.9. The summed E-state index contributed by atoms with van der Waals surface area (Å²) in [6, 6.07) is 9.04. The van der Waals surface area contributed by atoms with Gasteiger partial charge in [0.15, 0.2) is 6.61 Å². The van der Waals surface area contributed by atoms with Crippen LogP contribution in [-0.4, -0.2) is 38.1 Å². The van der Waals surface area contributed by atoms with Gasteiger partial charge in [0.05, 0.1) is 11.6 Å². The number of nitrogens with one attached hydrogen (secondary N) is 1. The molecule has 6 heteroatoms. The van der Waals surface area contributed by atoms with Crippen LogP contribution in [0, 0.1) is 17.2 Å². The molecule has 0 heterocycles. The molecule has 1 amide bonds. The second-order valence-electron chi connectivity index (χ2n) is 6.15. The molecule has 0 bridgehead atoms. The van der Waals surface area contributed by atoms with Gasteiger partial charge in [-0.15, -0.1) is 0 Å². The molecule has 0 saturated heterocycles. The van der Waals surface area contributed by atoms with Crippen molar-refractivity contribution in [2.75, 3.05) is 25.6 Å². The van der Waals surface area contributed by atoms with E-state index in [-0.39, 0.29) is 5.92 Å². The summed E-state index contributed by atoms with van der Waals surface area (Å²) >= 11 is 0. The Morgan fingerprint density at radius 2 is 1.96 bits per heavy atom. The molecule has 0 unspecified atom stereocenters. The first-order chi connectivity index (χ1) is 10.9. The zero-order valence-corrected chi connectivity index (χ0v) is 13.6. The zero-order chi connectivity index (χ0) is 17.0. The van der Waals surface area contributed by atoms with Crippen molar-refractivity contribution in [1.29, 1.82) is 5.26 Å². The van der Waals surface area contributed by atoms with E-state index in [1.807, 2.05) is 19.0 Å². The first-order valence-electron chi connectivity index (χ1n) is 7.52. The highest BCUT2D eigenvalue weighted by molar-refractivity contribution is 5.91. The fraction of sp³-hybridized carbons (Fsp3) is 0.471. The largest absolute Gasteiger partial charge is 0.452 e. The van der Waals surface area contributed by atoms with Gasteiger partial charge in [0, 0.05) is 19.8 Å². The fourth-order valence-corrected chi connectivity index (χ4v) is 2.32. The molecule has 1 N–H and O–H groups in total. The summed E-state index contributed by atoms with van der Waals surface area (Å²) in [4.78, 5) is 25.7. The number of anilines is 1. The minimum absolute atomic E-state index is 0.186. The van der Waals surface area contributed by atoms with Gasteiger partial charge in [0.25, 0.3) is 5.91 Å². The van der Waals surface area contributed by atoms with E-state index in [0.29, 0.717) is 5.56 Å². The lowest BCUT2D eigenvalue weighted by Gasteiger charge is -2.22. The second-order valence-corrected chi connectivity index (χ2v) is 6.15. The number of carbonyl (C=O) groups is 2. The van der Waals surface area contributed by atoms with E-state index < -0.39 is 24.0 Å². The van der Waals surface area contributed by atoms with E-state index in [0.717, 1.165) is 18.5 Å². The van der Waals surface area contributed by atoms with E-state index in [9.17, 15) is 14.9 Å². The average Bonchev–Trinajstić information content (AvgIpc) is 3.38. The Hall–Kier alpha value is -2.55. The molecule has 6 nitrogen and oxygen atoms in total. The lowest BCUT2D eigenvalue weighted by molar-refractivity contribution is -0.125. The van der Waals surface area contributed by atoms with Crippen LogP contribution >= 0.6 is 0 Å². The van der Waals surface area contributed by atoms with Gasteiger partial charge in [-0.2, -0.15) is 5.26 Å². The van der Waals surface area contributed by atoms with Gasteiger partial charge in [-0.05, 0) is 49.9 Å². The second kappa shape index (κ2) is 6.69. The molecular formula is C17H21N3O3. The molecule has 0 aromatic heterocycles. The monoisotopic (exact) mass is 315 g/mol. The van der Waals surface area contributed by atoms with E-state index in [1.54, 1.807) is 31.2 Å². The molecule has 122 valence electrons. The van der Waals surface area contributed by atoms with Crippen LogP contribution in [0.4, 0.5) is 5.69 Å². The van der Waals surface area contributed by atoms with Crippen molar-refractivity contribution in [3.8, 4) is 6.07 Å². The molecule has 1 aromatic rings. The number of benzene rings is 1. The third-order valence-electron chi connectivity index (χ3n) is 3.98. The highest BCUT2D eigenvalue weighted by atomic mass is 16.5. The average molecular weight is 315 g/mol. The molecule has 0 aliphatic heterocycles. The van der Waals surface area contributed by atoms with Gasteiger partial charge in [-0.3, -0.25) is 4.79 Å². The zero-order valence-electron chi connectivity index (χ0n) is 13.6. The van der Waals surface area contributed by atoms with E-state index in [2.05, 4.69) is 11.4 Å². The predicted molar refractivity (Wildman–Crippen MR) is 85.9 cm³/mol. The summed E-state index contributed by atoms with van der Waals surface area (Å²) in [7, 11) is 3.81. The van der Waals surface area contributed by atoms with Crippen LogP contribution in [0.2, 0.25) is 0 Å². The maximum Gasteiger partial charge on any atom is 0.338 e. The van der Waals surface area contributed by atoms with Crippen molar-refractivity contribution in [2.24, 2.45) is 5.92 Å². The standard InChI is InChI=1S/C17H21N3O3/c1-17(11-18,13-6-7-13)19-15(21)10-23-16(22)12-4-8-14(9-5-12)20(2)3/h4-5,8-9,13H,6-7,10H2,1-3H3,(H,19,21)/t17-/m0/s1. The molecule has 1 fully saturated rings. The Bertz CT molecular complexity index is 629. The Morgan fingerprint density at radius 1 is 1.35 bits per heavy atom. The summed E-state index contributed by atoms with van der Waals surface area (Å²) < 4.78 is 5.01. The van der Waals surface area contributed by atoms with Crippen molar-refractivity contribution in [1.82, 2.24) is 5.32 Å². The van der Waals surface area contributed by atoms with Gasteiger partial charge in [0.1, 0.15) is 5.54 Å². The molecule has 0 spiro atoms. The number of ether oxygens (including phenoxy) is 1. The van der Waals surface area contributed by atoms with Crippen LogP contribution < -0.4 is 10.2 Å². The molecule has 23 heavy (non-hydrogen) atoms. The molecule has 1 aliphatic carbocycles. The Morgan fingerprint density at radius 3 is 2.43 bits per heavy atom. The predicted octanol–water partition coefficient (Wildman–Crippen LogP) is 1.72. The van der Waals surface area contributed by atoms with Gasteiger partial charge in [0.2, 0.25) is 0 Å². The van der Waals surface area contributed by atoms with Crippen LogP contribution in [0.3, 0.4) is 0 Å². The van der Waals surface area contributed by atoms with Crippen LogP contribution in [0.25, 0.3) is 0 Å². The Balaban J connectivity index is 1.86. The van der Waals surface area contributed by atoms with Crippen molar-refractivity contribution in [2.45, 2.75) is 25.3 Å². The van der Waals surface area contributed by atoms with Gasteiger partial charge >= 0.3 is 5.97 Å². The quantitative estimate of drug-likeness (QED) is 0.808. The highest BCUT2D eigenvalue weighted by Gasteiger charge is 2.43. The number of esters is 1. The molecule has 0 radical (unpaired) electrons. The number of rotatable bonds is 6. The fourth-order valence-electron chi connectivity index (χ4n) is 2.32. The van der Waals surface area contributed by atoms with E-state index >= 15 is 0 Å². The molecule has 1 aliphatic rings. The molecular weight excluding hydrogens is 294 g/mol. The minimum Gasteiger partial charge on any atom is -0.452 e. The summed E-state index contributed by atoms with van der Waals surface area (Å²) in [6.45, 7) is 1.31. The lowest BCUT2D eigenvalue weighted by atomic mass is 9.98. The number of nitrogens with zero attached hydrogens (tertiary/aromatic N) is 2. The summed E-state index contributed by atoms with van der Waals surface area (Å²) in [5, 5.41) is 11.8. The minimum atomic E-state index is -0.878. The number of hydrogen-bond acceptors (Lipinski definition) is 5. The highest BCUT2D eigenvalue weighted by Crippen LogP contribution is 2.39. The molecule has 1 saturated carbocycles. The van der Waals surface area contributed by atoms with Gasteiger partial charge < -0.3 is 15.0 Å². The van der Waals surface area contributed by atoms with Crippen molar-refractivity contribution >= 4 is 17.6 Å². The SMILES string of the molecule is CN(C)c1ccc(C(=O)OCC(=O)N[C@@](C)(C#N)C2CC2)cc1. The third kappa shape index (κ3) is 4.22. The third-order valence-corrected chi connectivity index (χ3v) is 3.98. The lowest BCUT2D eigenvalue weighted by Crippen LogP contribution is -2.48. The smallest absolute Gasteiger partial charge is 0.338 e. The maximum atomic E-state index is 11.9. The van der Waals surface area contributed by atoms with E-state index in [4.69, 9.17) is 4.74 Å². The molecule has 1 aromatic carbocycles. The summed E-state index contributed by atoms with van der Waals surface area (Å²) in [5.41, 5.74) is 0.471. The number of carbonyl (C=O) groups excluding carboxylic acids is 2. The van der Waals surface area contributed by atoms with Crippen LogP contribution in [-0.2, 0) is 9.53 Å². The number of nitriles is 1. The summed E-state index contributed by atoms with van der Waals surface area (Å²) in [6.07, 6.45) is 1.87. The van der Waals surface area contributed by atoms with Crippen molar-refractivity contribution in [3.63, 3.8) is 0 Å². The first-order valence-corrected chi connectivity index (χ1v) is 7.52. The summed E-state index contributed by atoms with van der Waals surface area (Å²) in [5.74, 6) is -0.833. The molecule has 2 rings (SSSR count). The van der Waals surface area contributed by atoms with Crippen LogP contribution in [0.1, 0.15) is 30.1 Å². The topological polar surface area (TPSA) is 82.4 Å². The van der Waals surface area contributed by atoms with Gasteiger partial charge in [-0.1, -0.05) is 0 Å². The van der Waals surface area contributed by atoms with Crippen molar-refractivity contribution in [3.05, 3.63) is 29.8 Å².